The molecule has 0 spiro atoms. The van der Waals surface area contributed by atoms with Gasteiger partial charge in [0, 0.05) is 24.2 Å². The van der Waals surface area contributed by atoms with Gasteiger partial charge in [0.15, 0.2) is 11.6 Å². The van der Waals surface area contributed by atoms with Gasteiger partial charge in [-0.1, -0.05) is 31.4 Å². The molecule has 1 saturated carbocycles. The lowest BCUT2D eigenvalue weighted by molar-refractivity contribution is 0.334. The highest BCUT2D eigenvalue weighted by molar-refractivity contribution is 5.23. The first-order chi connectivity index (χ1) is 8.72. The Morgan fingerprint density at radius 2 is 1.94 bits per heavy atom. The van der Waals surface area contributed by atoms with E-state index in [0.717, 1.165) is 18.9 Å². The zero-order valence-corrected chi connectivity index (χ0v) is 10.5. The number of nitrogens with two attached hydrogens (primary N) is 1. The van der Waals surface area contributed by atoms with Crippen LogP contribution in [0.15, 0.2) is 18.2 Å². The third-order valence-corrected chi connectivity index (χ3v) is 3.63. The molecule has 2 rings (SSSR count). The predicted molar refractivity (Wildman–Crippen MR) is 68.2 cm³/mol. The molecule has 1 aliphatic carbocycles. The summed E-state index contributed by atoms with van der Waals surface area (Å²) in [7, 11) is 0. The summed E-state index contributed by atoms with van der Waals surface area (Å²) < 4.78 is 26.9. The molecule has 18 heavy (non-hydrogen) atoms. The number of hydrogen-bond acceptors (Lipinski definition) is 2. The quantitative estimate of drug-likeness (QED) is 0.867. The molecule has 0 radical (unpaired) electrons. The summed E-state index contributed by atoms with van der Waals surface area (Å²) in [5, 5.41) is 3.36. The van der Waals surface area contributed by atoms with E-state index in [0.29, 0.717) is 11.6 Å². The zero-order valence-electron chi connectivity index (χ0n) is 10.5. The second-order valence-corrected chi connectivity index (χ2v) is 4.93. The van der Waals surface area contributed by atoms with E-state index in [1.54, 1.807) is 6.07 Å². The van der Waals surface area contributed by atoms with Gasteiger partial charge in [-0.05, 0) is 18.9 Å². The Labute approximate surface area is 107 Å². The second-order valence-electron chi connectivity index (χ2n) is 4.93. The van der Waals surface area contributed by atoms with Gasteiger partial charge in [0.05, 0.1) is 0 Å². The van der Waals surface area contributed by atoms with Crippen LogP contribution in [0.25, 0.3) is 0 Å². The van der Waals surface area contributed by atoms with E-state index in [9.17, 15) is 8.78 Å². The van der Waals surface area contributed by atoms with Crippen molar-refractivity contribution >= 4 is 0 Å². The standard InChI is InChI=1S/C14H20F2N2/c15-12-8-4-7-11(14(12)16)13(9-17)18-10-5-2-1-3-6-10/h4,7-8,10,13,18H,1-3,5-6,9,17H2. The van der Waals surface area contributed by atoms with Crippen LogP contribution in [0.5, 0.6) is 0 Å². The van der Waals surface area contributed by atoms with Crippen molar-refractivity contribution < 1.29 is 8.78 Å². The van der Waals surface area contributed by atoms with Crippen LogP contribution in [0.4, 0.5) is 8.78 Å². The fourth-order valence-corrected chi connectivity index (χ4v) is 2.63. The molecule has 3 N–H and O–H groups in total. The summed E-state index contributed by atoms with van der Waals surface area (Å²) in [6.07, 6.45) is 5.84. The lowest BCUT2D eigenvalue weighted by Gasteiger charge is -2.28. The van der Waals surface area contributed by atoms with Gasteiger partial charge in [0.25, 0.3) is 0 Å². The molecule has 100 valence electrons. The van der Waals surface area contributed by atoms with Gasteiger partial charge in [0.1, 0.15) is 0 Å². The maximum atomic E-state index is 13.7. The minimum atomic E-state index is -0.809. The van der Waals surface area contributed by atoms with Gasteiger partial charge in [0.2, 0.25) is 0 Å². The number of benzene rings is 1. The van der Waals surface area contributed by atoms with Gasteiger partial charge in [-0.15, -0.1) is 0 Å². The summed E-state index contributed by atoms with van der Waals surface area (Å²) in [4.78, 5) is 0. The molecule has 0 aliphatic heterocycles. The second kappa shape index (κ2) is 6.25. The van der Waals surface area contributed by atoms with Crippen LogP contribution < -0.4 is 11.1 Å². The van der Waals surface area contributed by atoms with Crippen LogP contribution in [-0.2, 0) is 0 Å². The van der Waals surface area contributed by atoms with Crippen molar-refractivity contribution in [1.29, 1.82) is 0 Å². The molecule has 4 heteroatoms. The third kappa shape index (κ3) is 3.06. The van der Waals surface area contributed by atoms with E-state index >= 15 is 0 Å². The fourth-order valence-electron chi connectivity index (χ4n) is 2.63. The monoisotopic (exact) mass is 254 g/mol. The Morgan fingerprint density at radius 3 is 2.61 bits per heavy atom. The first-order valence-corrected chi connectivity index (χ1v) is 6.62. The summed E-state index contributed by atoms with van der Waals surface area (Å²) in [6.45, 7) is 0.275. The molecule has 1 unspecified atom stereocenters. The average molecular weight is 254 g/mol. The Morgan fingerprint density at radius 1 is 1.22 bits per heavy atom. The van der Waals surface area contributed by atoms with E-state index in [1.807, 2.05) is 0 Å². The normalized spacial score (nSPS) is 18.8. The SMILES string of the molecule is NCC(NC1CCCCC1)c1cccc(F)c1F. The molecule has 0 saturated heterocycles. The minimum Gasteiger partial charge on any atom is -0.329 e. The van der Waals surface area contributed by atoms with Crippen molar-refractivity contribution in [2.75, 3.05) is 6.54 Å². The Kier molecular flexibility index (Phi) is 4.66. The van der Waals surface area contributed by atoms with Gasteiger partial charge < -0.3 is 11.1 Å². The Hall–Kier alpha value is -1.00. The first-order valence-electron chi connectivity index (χ1n) is 6.62. The topological polar surface area (TPSA) is 38.0 Å². The fraction of sp³-hybridized carbons (Fsp3) is 0.571. The van der Waals surface area contributed by atoms with Crippen molar-refractivity contribution in [3.05, 3.63) is 35.4 Å². The number of rotatable bonds is 4. The average Bonchev–Trinajstić information content (AvgIpc) is 2.41. The number of halogens is 2. The lowest BCUT2D eigenvalue weighted by atomic mass is 9.94. The molecule has 1 atom stereocenters. The largest absolute Gasteiger partial charge is 0.329 e. The van der Waals surface area contributed by atoms with Crippen molar-refractivity contribution in [2.24, 2.45) is 5.73 Å². The smallest absolute Gasteiger partial charge is 0.163 e. The van der Waals surface area contributed by atoms with Gasteiger partial charge in [-0.25, -0.2) is 8.78 Å². The molecule has 0 heterocycles. The van der Waals surface area contributed by atoms with Crippen LogP contribution in [0.2, 0.25) is 0 Å². The van der Waals surface area contributed by atoms with Crippen molar-refractivity contribution in [2.45, 2.75) is 44.2 Å². The summed E-state index contributed by atoms with van der Waals surface area (Å²) in [5.74, 6) is -1.59. The maximum absolute atomic E-state index is 13.7. The summed E-state index contributed by atoms with van der Waals surface area (Å²) in [5.41, 5.74) is 6.03. The molecule has 1 aromatic carbocycles. The molecule has 0 amide bonds. The minimum absolute atomic E-state index is 0.275. The van der Waals surface area contributed by atoms with Crippen LogP contribution in [-0.4, -0.2) is 12.6 Å². The first kappa shape index (κ1) is 13.4. The van der Waals surface area contributed by atoms with E-state index in [1.165, 1.54) is 25.3 Å². The van der Waals surface area contributed by atoms with Gasteiger partial charge >= 0.3 is 0 Å². The highest BCUT2D eigenvalue weighted by atomic mass is 19.2. The van der Waals surface area contributed by atoms with Gasteiger partial charge in [-0.2, -0.15) is 0 Å². The molecule has 1 fully saturated rings. The molecule has 1 aliphatic rings. The van der Waals surface area contributed by atoms with E-state index in [2.05, 4.69) is 5.32 Å². The zero-order chi connectivity index (χ0) is 13.0. The van der Waals surface area contributed by atoms with E-state index in [4.69, 9.17) is 5.73 Å². The van der Waals surface area contributed by atoms with Gasteiger partial charge in [-0.3, -0.25) is 0 Å². The van der Waals surface area contributed by atoms with E-state index < -0.39 is 11.6 Å². The molecule has 0 bridgehead atoms. The van der Waals surface area contributed by atoms with Crippen molar-refractivity contribution in [3.63, 3.8) is 0 Å². The number of nitrogens with one attached hydrogen (secondary N) is 1. The highest BCUT2D eigenvalue weighted by Gasteiger charge is 2.21. The summed E-state index contributed by atoms with van der Waals surface area (Å²) in [6, 6.07) is 4.33. The lowest BCUT2D eigenvalue weighted by Crippen LogP contribution is -2.38. The molecular formula is C14H20F2N2. The molecule has 0 aromatic heterocycles. The van der Waals surface area contributed by atoms with E-state index in [-0.39, 0.29) is 12.6 Å². The van der Waals surface area contributed by atoms with Crippen LogP contribution in [0.1, 0.15) is 43.7 Å². The summed E-state index contributed by atoms with van der Waals surface area (Å²) >= 11 is 0. The van der Waals surface area contributed by atoms with Crippen molar-refractivity contribution in [3.8, 4) is 0 Å². The van der Waals surface area contributed by atoms with Crippen LogP contribution in [0.3, 0.4) is 0 Å². The van der Waals surface area contributed by atoms with Crippen LogP contribution in [0, 0.1) is 11.6 Å². The molecule has 2 nitrogen and oxygen atoms in total. The predicted octanol–water partition coefficient (Wildman–Crippen LogP) is 2.89. The highest BCUT2D eigenvalue weighted by Crippen LogP contribution is 2.23. The molecular weight excluding hydrogens is 234 g/mol. The Balaban J connectivity index is 2.09. The van der Waals surface area contributed by atoms with Crippen molar-refractivity contribution in [1.82, 2.24) is 5.32 Å². The number of hydrogen-bond donors (Lipinski definition) is 2. The third-order valence-electron chi connectivity index (χ3n) is 3.63. The Bertz CT molecular complexity index is 389. The molecule has 1 aromatic rings. The van der Waals surface area contributed by atoms with Crippen LogP contribution >= 0.6 is 0 Å². The maximum Gasteiger partial charge on any atom is 0.163 e.